The van der Waals surface area contributed by atoms with Gasteiger partial charge in [0, 0.05) is 12.8 Å². The maximum absolute atomic E-state index is 11.2. The fourth-order valence-corrected chi connectivity index (χ4v) is 1.09. The third-order valence-electron chi connectivity index (χ3n) is 2.08. The van der Waals surface area contributed by atoms with Gasteiger partial charge < -0.3 is 15.9 Å². The molecule has 17 heavy (non-hydrogen) atoms. The fraction of sp³-hybridized carbons (Fsp3) is 0.545. The highest BCUT2D eigenvalue weighted by Gasteiger charge is 2.11. The van der Waals surface area contributed by atoms with Gasteiger partial charge in [-0.05, 0) is 25.3 Å². The van der Waals surface area contributed by atoms with Crippen LogP contribution in [0.25, 0.3) is 0 Å². The summed E-state index contributed by atoms with van der Waals surface area (Å²) in [6, 6.07) is -1.01. The SMILES string of the molecule is N[C@@H](CCC(=O)C=CCCCC(=O)O)C(=O)O. The van der Waals surface area contributed by atoms with Crippen LogP contribution < -0.4 is 5.73 Å². The number of aliphatic carboxylic acids is 2. The molecule has 0 aromatic heterocycles. The topological polar surface area (TPSA) is 118 Å². The van der Waals surface area contributed by atoms with E-state index >= 15 is 0 Å². The van der Waals surface area contributed by atoms with E-state index in [1.807, 2.05) is 0 Å². The lowest BCUT2D eigenvalue weighted by Crippen LogP contribution is -2.30. The molecule has 0 amide bonds. The maximum Gasteiger partial charge on any atom is 0.320 e. The molecule has 0 unspecified atom stereocenters. The summed E-state index contributed by atoms with van der Waals surface area (Å²) < 4.78 is 0. The second-order valence-electron chi connectivity index (χ2n) is 3.64. The van der Waals surface area contributed by atoms with Gasteiger partial charge in [-0.1, -0.05) is 6.08 Å². The molecule has 0 heterocycles. The smallest absolute Gasteiger partial charge is 0.320 e. The standard InChI is InChI=1S/C11H17NO5/c12-9(11(16)17)7-6-8(13)4-2-1-3-5-10(14)15/h2,4,9H,1,3,5-7,12H2,(H,14,15)(H,16,17)/t9-/m0/s1. The first kappa shape index (κ1) is 15.3. The van der Waals surface area contributed by atoms with Gasteiger partial charge >= 0.3 is 11.9 Å². The van der Waals surface area contributed by atoms with E-state index in [4.69, 9.17) is 15.9 Å². The molecule has 6 heteroatoms. The zero-order chi connectivity index (χ0) is 13.3. The Hall–Kier alpha value is -1.69. The Balaban J connectivity index is 3.68. The first-order valence-electron chi connectivity index (χ1n) is 5.33. The van der Waals surface area contributed by atoms with E-state index in [2.05, 4.69) is 0 Å². The van der Waals surface area contributed by atoms with Crippen molar-refractivity contribution in [3.8, 4) is 0 Å². The predicted molar refractivity (Wildman–Crippen MR) is 60.5 cm³/mol. The third-order valence-corrected chi connectivity index (χ3v) is 2.08. The summed E-state index contributed by atoms with van der Waals surface area (Å²) in [6.07, 6.45) is 4.20. The first-order valence-corrected chi connectivity index (χ1v) is 5.33. The number of allylic oxidation sites excluding steroid dienone is 2. The van der Waals surface area contributed by atoms with Crippen molar-refractivity contribution >= 4 is 17.7 Å². The highest BCUT2D eigenvalue weighted by molar-refractivity contribution is 5.90. The zero-order valence-corrected chi connectivity index (χ0v) is 9.46. The van der Waals surface area contributed by atoms with E-state index in [9.17, 15) is 14.4 Å². The summed E-state index contributed by atoms with van der Waals surface area (Å²) >= 11 is 0. The summed E-state index contributed by atoms with van der Waals surface area (Å²) in [4.78, 5) is 31.8. The number of hydrogen-bond donors (Lipinski definition) is 3. The van der Waals surface area contributed by atoms with Gasteiger partial charge in [0.1, 0.15) is 6.04 Å². The number of ketones is 1. The minimum atomic E-state index is -1.12. The summed E-state index contributed by atoms with van der Waals surface area (Å²) in [5, 5.41) is 16.8. The molecule has 0 aliphatic heterocycles. The van der Waals surface area contributed by atoms with Crippen molar-refractivity contribution in [2.24, 2.45) is 5.73 Å². The molecule has 0 aromatic rings. The maximum atomic E-state index is 11.2. The van der Waals surface area contributed by atoms with Crippen LogP contribution in [0.3, 0.4) is 0 Å². The third kappa shape index (κ3) is 9.25. The van der Waals surface area contributed by atoms with Crippen LogP contribution in [0.1, 0.15) is 32.1 Å². The molecule has 6 nitrogen and oxygen atoms in total. The van der Waals surface area contributed by atoms with E-state index in [1.54, 1.807) is 6.08 Å². The van der Waals surface area contributed by atoms with Crippen molar-refractivity contribution in [3.63, 3.8) is 0 Å². The van der Waals surface area contributed by atoms with Crippen molar-refractivity contribution in [2.45, 2.75) is 38.1 Å². The number of unbranched alkanes of at least 4 members (excludes halogenated alkanes) is 1. The molecule has 0 saturated heterocycles. The van der Waals surface area contributed by atoms with E-state index in [-0.39, 0.29) is 25.0 Å². The normalized spacial score (nSPS) is 12.5. The Morgan fingerprint density at radius 1 is 1.18 bits per heavy atom. The van der Waals surface area contributed by atoms with Gasteiger partial charge in [0.15, 0.2) is 5.78 Å². The molecular formula is C11H17NO5. The van der Waals surface area contributed by atoms with Crippen LogP contribution in [0.4, 0.5) is 0 Å². The number of nitrogens with two attached hydrogens (primary N) is 1. The number of carbonyl (C=O) groups excluding carboxylic acids is 1. The number of hydrogen-bond acceptors (Lipinski definition) is 4. The van der Waals surface area contributed by atoms with Gasteiger partial charge in [0.25, 0.3) is 0 Å². The predicted octanol–water partition coefficient (Wildman–Crippen LogP) is 0.559. The zero-order valence-electron chi connectivity index (χ0n) is 9.46. The minimum absolute atomic E-state index is 0.0718. The monoisotopic (exact) mass is 243 g/mol. The van der Waals surface area contributed by atoms with Gasteiger partial charge in [-0.25, -0.2) is 0 Å². The lowest BCUT2D eigenvalue weighted by atomic mass is 10.1. The molecule has 0 rings (SSSR count). The molecule has 0 bridgehead atoms. The fourth-order valence-electron chi connectivity index (χ4n) is 1.09. The van der Waals surface area contributed by atoms with Gasteiger partial charge in [0.2, 0.25) is 0 Å². The van der Waals surface area contributed by atoms with E-state index in [0.717, 1.165) is 0 Å². The lowest BCUT2D eigenvalue weighted by Gasteiger charge is -2.02. The largest absolute Gasteiger partial charge is 0.481 e. The Bertz CT molecular complexity index is 311. The van der Waals surface area contributed by atoms with E-state index in [1.165, 1.54) is 6.08 Å². The number of rotatable bonds is 9. The molecule has 0 spiro atoms. The van der Waals surface area contributed by atoms with Gasteiger partial charge in [-0.2, -0.15) is 0 Å². The van der Waals surface area contributed by atoms with E-state index < -0.39 is 18.0 Å². The summed E-state index contributed by atoms with van der Waals surface area (Å²) in [5.41, 5.74) is 5.23. The number of carbonyl (C=O) groups is 3. The molecule has 0 aliphatic carbocycles. The Kier molecular flexibility index (Phi) is 7.62. The molecule has 0 aromatic carbocycles. The quantitative estimate of drug-likeness (QED) is 0.402. The molecule has 0 aliphatic rings. The molecule has 0 saturated carbocycles. The highest BCUT2D eigenvalue weighted by Crippen LogP contribution is 2.00. The number of carboxylic acid groups (broad SMARTS) is 2. The second-order valence-corrected chi connectivity index (χ2v) is 3.64. The highest BCUT2D eigenvalue weighted by atomic mass is 16.4. The van der Waals surface area contributed by atoms with Crippen molar-refractivity contribution in [1.82, 2.24) is 0 Å². The van der Waals surface area contributed by atoms with Gasteiger partial charge in [0.05, 0.1) is 0 Å². The second kappa shape index (κ2) is 8.46. The van der Waals surface area contributed by atoms with Crippen LogP contribution in [-0.4, -0.2) is 34.0 Å². The summed E-state index contributed by atoms with van der Waals surface area (Å²) in [6.45, 7) is 0. The van der Waals surface area contributed by atoms with E-state index in [0.29, 0.717) is 12.8 Å². The van der Waals surface area contributed by atoms with Gasteiger partial charge in [-0.3, -0.25) is 14.4 Å². The summed E-state index contributed by atoms with van der Waals surface area (Å²) in [5.74, 6) is -2.18. The van der Waals surface area contributed by atoms with Crippen LogP contribution in [0.15, 0.2) is 12.2 Å². The Labute approximate surface area is 99.1 Å². The molecular weight excluding hydrogens is 226 g/mol. The molecule has 1 atom stereocenters. The van der Waals surface area contributed by atoms with Crippen molar-refractivity contribution < 1.29 is 24.6 Å². The van der Waals surface area contributed by atoms with Crippen molar-refractivity contribution in [2.75, 3.05) is 0 Å². The van der Waals surface area contributed by atoms with Crippen LogP contribution in [0.5, 0.6) is 0 Å². The molecule has 0 fully saturated rings. The van der Waals surface area contributed by atoms with Crippen LogP contribution in [0, 0.1) is 0 Å². The lowest BCUT2D eigenvalue weighted by molar-refractivity contribution is -0.139. The molecule has 96 valence electrons. The minimum Gasteiger partial charge on any atom is -0.481 e. The Morgan fingerprint density at radius 2 is 1.82 bits per heavy atom. The van der Waals surface area contributed by atoms with Crippen LogP contribution >= 0.6 is 0 Å². The summed E-state index contributed by atoms with van der Waals surface area (Å²) in [7, 11) is 0. The average Bonchev–Trinajstić information content (AvgIpc) is 2.24. The van der Waals surface area contributed by atoms with Crippen LogP contribution in [0.2, 0.25) is 0 Å². The Morgan fingerprint density at radius 3 is 2.35 bits per heavy atom. The van der Waals surface area contributed by atoms with Crippen molar-refractivity contribution in [3.05, 3.63) is 12.2 Å². The molecule has 4 N–H and O–H groups in total. The first-order chi connectivity index (χ1) is 7.93. The number of carboxylic acids is 2. The molecule has 0 radical (unpaired) electrons. The average molecular weight is 243 g/mol. The van der Waals surface area contributed by atoms with Crippen molar-refractivity contribution in [1.29, 1.82) is 0 Å². The van der Waals surface area contributed by atoms with Gasteiger partial charge in [-0.15, -0.1) is 0 Å². The van der Waals surface area contributed by atoms with Crippen LogP contribution in [-0.2, 0) is 14.4 Å².